The highest BCUT2D eigenvalue weighted by Gasteiger charge is 2.11. The Balaban J connectivity index is 1.48. The molecule has 1 aromatic carbocycles. The summed E-state index contributed by atoms with van der Waals surface area (Å²) in [6.45, 7) is 5.13. The molecule has 2 heterocycles. The van der Waals surface area contributed by atoms with E-state index in [1.54, 1.807) is 0 Å². The molecule has 0 aliphatic carbocycles. The van der Waals surface area contributed by atoms with Crippen molar-refractivity contribution in [2.24, 2.45) is 0 Å². The molecule has 0 radical (unpaired) electrons. The van der Waals surface area contributed by atoms with Gasteiger partial charge in [-0.2, -0.15) is 0 Å². The summed E-state index contributed by atoms with van der Waals surface area (Å²) in [6.07, 6.45) is 2.67. The van der Waals surface area contributed by atoms with Gasteiger partial charge in [-0.15, -0.1) is 10.2 Å². The molecule has 6 heteroatoms. The monoisotopic (exact) mass is 350 g/mol. The SMILES string of the molecule is Brc1cccc(-c2nnc(CNCCN3CCCC3)o2)c1. The fourth-order valence-electron chi connectivity index (χ4n) is 2.50. The minimum absolute atomic E-state index is 0.563. The lowest BCUT2D eigenvalue weighted by Crippen LogP contribution is -2.29. The van der Waals surface area contributed by atoms with E-state index in [4.69, 9.17) is 4.42 Å². The first-order valence-corrected chi connectivity index (χ1v) is 8.12. The molecule has 0 spiro atoms. The largest absolute Gasteiger partial charge is 0.419 e. The van der Waals surface area contributed by atoms with Crippen molar-refractivity contribution in [2.45, 2.75) is 19.4 Å². The minimum atomic E-state index is 0.563. The van der Waals surface area contributed by atoms with Gasteiger partial charge in [0.25, 0.3) is 0 Å². The van der Waals surface area contributed by atoms with Crippen LogP contribution >= 0.6 is 15.9 Å². The summed E-state index contributed by atoms with van der Waals surface area (Å²) in [7, 11) is 0. The van der Waals surface area contributed by atoms with E-state index in [-0.39, 0.29) is 0 Å². The summed E-state index contributed by atoms with van der Waals surface area (Å²) in [5.74, 6) is 1.19. The van der Waals surface area contributed by atoms with E-state index in [1.165, 1.54) is 25.9 Å². The Morgan fingerprint density at radius 1 is 1.24 bits per heavy atom. The Bertz CT molecular complexity index is 581. The minimum Gasteiger partial charge on any atom is -0.419 e. The van der Waals surface area contributed by atoms with Gasteiger partial charge in [-0.1, -0.05) is 22.0 Å². The highest BCUT2D eigenvalue weighted by atomic mass is 79.9. The first kappa shape index (κ1) is 14.7. The van der Waals surface area contributed by atoms with Gasteiger partial charge in [0, 0.05) is 23.1 Å². The molecule has 1 fully saturated rings. The lowest BCUT2D eigenvalue weighted by molar-refractivity contribution is 0.332. The number of nitrogens with one attached hydrogen (secondary N) is 1. The van der Waals surface area contributed by atoms with Gasteiger partial charge >= 0.3 is 0 Å². The summed E-state index contributed by atoms with van der Waals surface area (Å²) in [5.41, 5.74) is 0.931. The molecule has 112 valence electrons. The zero-order valence-electron chi connectivity index (χ0n) is 11.9. The van der Waals surface area contributed by atoms with Gasteiger partial charge < -0.3 is 14.6 Å². The first-order valence-electron chi connectivity index (χ1n) is 7.33. The Morgan fingerprint density at radius 3 is 2.90 bits per heavy atom. The lowest BCUT2D eigenvalue weighted by Gasteiger charge is -2.13. The predicted molar refractivity (Wildman–Crippen MR) is 84.8 cm³/mol. The van der Waals surface area contributed by atoms with Crippen LogP contribution in [0.1, 0.15) is 18.7 Å². The van der Waals surface area contributed by atoms with E-state index in [1.807, 2.05) is 24.3 Å². The molecule has 5 nitrogen and oxygen atoms in total. The summed E-state index contributed by atoms with van der Waals surface area (Å²) >= 11 is 3.44. The van der Waals surface area contributed by atoms with Crippen LogP contribution in [0.25, 0.3) is 11.5 Å². The summed E-state index contributed by atoms with van der Waals surface area (Å²) in [4.78, 5) is 2.48. The van der Waals surface area contributed by atoms with E-state index in [2.05, 4.69) is 36.3 Å². The van der Waals surface area contributed by atoms with Crippen molar-refractivity contribution in [3.8, 4) is 11.5 Å². The fourth-order valence-corrected chi connectivity index (χ4v) is 2.90. The van der Waals surface area contributed by atoms with E-state index in [0.29, 0.717) is 18.3 Å². The van der Waals surface area contributed by atoms with Crippen LogP contribution in [0.2, 0.25) is 0 Å². The molecule has 0 amide bonds. The number of likely N-dealkylation sites (tertiary alicyclic amines) is 1. The van der Waals surface area contributed by atoms with Crippen LogP contribution in [-0.4, -0.2) is 41.3 Å². The molecule has 0 saturated carbocycles. The van der Waals surface area contributed by atoms with Gasteiger partial charge in [-0.05, 0) is 44.1 Å². The Labute approximate surface area is 132 Å². The Hall–Kier alpha value is -1.24. The van der Waals surface area contributed by atoms with E-state index in [0.717, 1.165) is 23.1 Å². The summed E-state index contributed by atoms with van der Waals surface area (Å²) in [5, 5.41) is 11.5. The summed E-state index contributed by atoms with van der Waals surface area (Å²) in [6, 6.07) is 7.86. The van der Waals surface area contributed by atoms with Crippen LogP contribution in [0.4, 0.5) is 0 Å². The van der Waals surface area contributed by atoms with Crippen molar-refractivity contribution in [1.29, 1.82) is 0 Å². The van der Waals surface area contributed by atoms with Crippen LogP contribution in [0.5, 0.6) is 0 Å². The van der Waals surface area contributed by atoms with Gasteiger partial charge in [0.1, 0.15) is 0 Å². The molecule has 21 heavy (non-hydrogen) atoms. The fraction of sp³-hybridized carbons (Fsp3) is 0.467. The molecule has 1 aliphatic heterocycles. The summed E-state index contributed by atoms with van der Waals surface area (Å²) < 4.78 is 6.68. The van der Waals surface area contributed by atoms with Crippen LogP contribution in [0.15, 0.2) is 33.2 Å². The third-order valence-electron chi connectivity index (χ3n) is 3.62. The number of hydrogen-bond acceptors (Lipinski definition) is 5. The van der Waals surface area contributed by atoms with E-state index < -0.39 is 0 Å². The normalized spacial score (nSPS) is 15.7. The van der Waals surface area contributed by atoms with Gasteiger partial charge in [-0.25, -0.2) is 0 Å². The molecule has 2 aromatic rings. The number of benzene rings is 1. The van der Waals surface area contributed by atoms with Crippen LogP contribution in [-0.2, 0) is 6.54 Å². The third kappa shape index (κ3) is 4.12. The molecule has 1 N–H and O–H groups in total. The van der Waals surface area contributed by atoms with Gasteiger partial charge in [0.2, 0.25) is 11.8 Å². The lowest BCUT2D eigenvalue weighted by atomic mass is 10.2. The van der Waals surface area contributed by atoms with Crippen molar-refractivity contribution in [1.82, 2.24) is 20.4 Å². The Kier molecular flexibility index (Phi) is 5.00. The quantitative estimate of drug-likeness (QED) is 0.811. The number of rotatable bonds is 6. The molecule has 0 atom stereocenters. The van der Waals surface area contributed by atoms with E-state index in [9.17, 15) is 0 Å². The van der Waals surface area contributed by atoms with Gasteiger partial charge in [0.05, 0.1) is 6.54 Å². The van der Waals surface area contributed by atoms with Crippen LogP contribution < -0.4 is 5.32 Å². The molecule has 0 bridgehead atoms. The zero-order chi connectivity index (χ0) is 14.5. The molecule has 3 rings (SSSR count). The van der Waals surface area contributed by atoms with Crippen LogP contribution in [0.3, 0.4) is 0 Å². The van der Waals surface area contributed by atoms with Gasteiger partial charge in [0.15, 0.2) is 0 Å². The predicted octanol–water partition coefficient (Wildman–Crippen LogP) is 2.68. The van der Waals surface area contributed by atoms with Crippen molar-refractivity contribution in [3.63, 3.8) is 0 Å². The smallest absolute Gasteiger partial charge is 0.247 e. The third-order valence-corrected chi connectivity index (χ3v) is 4.11. The average Bonchev–Trinajstić information content (AvgIpc) is 3.15. The maximum Gasteiger partial charge on any atom is 0.247 e. The highest BCUT2D eigenvalue weighted by Crippen LogP contribution is 2.21. The topological polar surface area (TPSA) is 54.2 Å². The molecule has 0 unspecified atom stereocenters. The van der Waals surface area contributed by atoms with Gasteiger partial charge in [-0.3, -0.25) is 0 Å². The molecular weight excluding hydrogens is 332 g/mol. The Morgan fingerprint density at radius 2 is 2.10 bits per heavy atom. The number of nitrogens with zero attached hydrogens (tertiary/aromatic N) is 3. The van der Waals surface area contributed by atoms with Crippen LogP contribution in [0, 0.1) is 0 Å². The standard InChI is InChI=1S/C15H19BrN4O/c16-13-5-3-4-12(10-13)15-19-18-14(21-15)11-17-6-9-20-7-1-2-8-20/h3-5,10,17H,1-2,6-9,11H2. The second-order valence-electron chi connectivity index (χ2n) is 5.24. The molecular formula is C15H19BrN4O. The van der Waals surface area contributed by atoms with Crippen molar-refractivity contribution >= 4 is 15.9 Å². The van der Waals surface area contributed by atoms with Crippen molar-refractivity contribution in [2.75, 3.05) is 26.2 Å². The second-order valence-corrected chi connectivity index (χ2v) is 6.15. The average molecular weight is 351 g/mol. The maximum atomic E-state index is 5.68. The number of aromatic nitrogens is 2. The number of halogens is 1. The highest BCUT2D eigenvalue weighted by molar-refractivity contribution is 9.10. The second kappa shape index (κ2) is 7.15. The maximum absolute atomic E-state index is 5.68. The molecule has 1 aliphatic rings. The zero-order valence-corrected chi connectivity index (χ0v) is 13.5. The first-order chi connectivity index (χ1) is 10.3. The number of hydrogen-bond donors (Lipinski definition) is 1. The molecule has 1 saturated heterocycles. The molecule has 1 aromatic heterocycles. The van der Waals surface area contributed by atoms with E-state index >= 15 is 0 Å². The van der Waals surface area contributed by atoms with Crippen molar-refractivity contribution < 1.29 is 4.42 Å². The van der Waals surface area contributed by atoms with Crippen molar-refractivity contribution in [3.05, 3.63) is 34.6 Å².